The zero-order chi connectivity index (χ0) is 13.4. The molecule has 2 rings (SSSR count). The van der Waals surface area contributed by atoms with Crippen LogP contribution in [0.2, 0.25) is 0 Å². The molecule has 0 aliphatic rings. The largest absolute Gasteiger partial charge is 0.496 e. The van der Waals surface area contributed by atoms with Gasteiger partial charge in [0.25, 0.3) is 0 Å². The van der Waals surface area contributed by atoms with E-state index in [4.69, 9.17) is 20.7 Å². The lowest BCUT2D eigenvalue weighted by atomic mass is 10.1. The van der Waals surface area contributed by atoms with Crippen LogP contribution in [0.4, 0.5) is 5.69 Å². The number of thiophene rings is 1. The van der Waals surface area contributed by atoms with Crippen molar-refractivity contribution >= 4 is 39.0 Å². The maximum absolute atomic E-state index is 11.1. The minimum atomic E-state index is -1.19. The van der Waals surface area contributed by atoms with Crippen LogP contribution in [0.15, 0.2) is 12.1 Å². The van der Waals surface area contributed by atoms with Crippen LogP contribution in [0.25, 0.3) is 10.1 Å². The normalized spacial score (nSPS) is 10.5. The Labute approximate surface area is 105 Å². The van der Waals surface area contributed by atoms with Gasteiger partial charge in [-0.25, -0.2) is 9.59 Å². The van der Waals surface area contributed by atoms with E-state index in [1.54, 1.807) is 0 Å². The number of benzene rings is 1. The third-order valence-electron chi connectivity index (χ3n) is 2.48. The molecule has 0 saturated carbocycles. The lowest BCUT2D eigenvalue weighted by molar-refractivity contribution is 0.0689. The molecule has 0 unspecified atom stereocenters. The molecule has 1 aromatic heterocycles. The third-order valence-corrected chi connectivity index (χ3v) is 3.71. The molecule has 0 fully saturated rings. The van der Waals surface area contributed by atoms with Crippen LogP contribution in [0, 0.1) is 0 Å². The first kappa shape index (κ1) is 12.2. The molecule has 1 aromatic carbocycles. The summed E-state index contributed by atoms with van der Waals surface area (Å²) in [7, 11) is 1.41. The van der Waals surface area contributed by atoms with Crippen LogP contribution >= 0.6 is 11.3 Å². The third kappa shape index (κ3) is 1.65. The highest BCUT2D eigenvalue weighted by Gasteiger charge is 2.22. The number of rotatable bonds is 3. The fraction of sp³-hybridized carbons (Fsp3) is 0.0909. The number of hydrogen-bond acceptors (Lipinski definition) is 5. The molecule has 2 aromatic rings. The molecule has 4 N–H and O–H groups in total. The van der Waals surface area contributed by atoms with Crippen molar-refractivity contribution in [3.63, 3.8) is 0 Å². The summed E-state index contributed by atoms with van der Waals surface area (Å²) in [5.41, 5.74) is 5.78. The van der Waals surface area contributed by atoms with Gasteiger partial charge in [0.1, 0.15) is 10.6 Å². The fourth-order valence-electron chi connectivity index (χ4n) is 1.69. The van der Waals surface area contributed by atoms with Gasteiger partial charge in [-0.1, -0.05) is 0 Å². The molecule has 0 amide bonds. The zero-order valence-electron chi connectivity index (χ0n) is 9.26. The van der Waals surface area contributed by atoms with Gasteiger partial charge in [0.05, 0.1) is 28.4 Å². The zero-order valence-corrected chi connectivity index (χ0v) is 10.1. The van der Waals surface area contributed by atoms with E-state index in [-0.39, 0.29) is 16.1 Å². The van der Waals surface area contributed by atoms with E-state index in [0.717, 1.165) is 11.3 Å². The molecule has 6 nitrogen and oxygen atoms in total. The van der Waals surface area contributed by atoms with Crippen LogP contribution in [-0.2, 0) is 0 Å². The minimum absolute atomic E-state index is 0.00926. The fourth-order valence-corrected chi connectivity index (χ4v) is 2.77. The second-order valence-electron chi connectivity index (χ2n) is 3.47. The summed E-state index contributed by atoms with van der Waals surface area (Å²) in [6.45, 7) is 0. The summed E-state index contributed by atoms with van der Waals surface area (Å²) in [5, 5.41) is 18.4. The smallest absolute Gasteiger partial charge is 0.348 e. The number of aromatic carboxylic acids is 2. The highest BCUT2D eigenvalue weighted by Crippen LogP contribution is 2.41. The summed E-state index contributed by atoms with van der Waals surface area (Å²) in [5.74, 6) is -1.97. The number of carbonyl (C=O) groups is 2. The van der Waals surface area contributed by atoms with E-state index in [0.29, 0.717) is 15.8 Å². The Kier molecular flexibility index (Phi) is 2.84. The Hall–Kier alpha value is -2.28. The summed E-state index contributed by atoms with van der Waals surface area (Å²) in [6, 6.07) is 2.82. The number of fused-ring (bicyclic) bond motifs is 1. The van der Waals surface area contributed by atoms with Crippen LogP contribution in [0.1, 0.15) is 20.0 Å². The standard InChI is InChI=1S/C11H9NO5S/c1-17-5-3-2-4(10(13)14)8-6(5)7(12)9(18-8)11(15)16/h2-3H,12H2,1H3,(H,13,14)(H,15,16). The van der Waals surface area contributed by atoms with E-state index in [1.807, 2.05) is 0 Å². The molecule has 0 saturated heterocycles. The van der Waals surface area contributed by atoms with Crippen molar-refractivity contribution < 1.29 is 24.5 Å². The summed E-state index contributed by atoms with van der Waals surface area (Å²) < 4.78 is 5.38. The highest BCUT2D eigenvalue weighted by atomic mass is 32.1. The Morgan fingerprint density at radius 3 is 2.44 bits per heavy atom. The first-order valence-electron chi connectivity index (χ1n) is 4.83. The molecular formula is C11H9NO5S. The lowest BCUT2D eigenvalue weighted by Crippen LogP contribution is -1.98. The second kappa shape index (κ2) is 4.19. The van der Waals surface area contributed by atoms with Crippen molar-refractivity contribution in [2.75, 3.05) is 12.8 Å². The van der Waals surface area contributed by atoms with Gasteiger partial charge in [0, 0.05) is 0 Å². The van der Waals surface area contributed by atoms with Crippen molar-refractivity contribution in [2.45, 2.75) is 0 Å². The summed E-state index contributed by atoms with van der Waals surface area (Å²) in [4.78, 5) is 22.0. The molecule has 0 atom stereocenters. The number of methoxy groups -OCH3 is 1. The number of carboxylic acids is 2. The number of carboxylic acid groups (broad SMARTS) is 2. The molecule has 0 spiro atoms. The van der Waals surface area contributed by atoms with Crippen molar-refractivity contribution in [1.29, 1.82) is 0 Å². The molecule has 7 heteroatoms. The van der Waals surface area contributed by atoms with Crippen LogP contribution < -0.4 is 10.5 Å². The van der Waals surface area contributed by atoms with Gasteiger partial charge in [0.2, 0.25) is 0 Å². The predicted molar refractivity (Wildman–Crippen MR) is 66.7 cm³/mol. The summed E-state index contributed by atoms with van der Waals surface area (Å²) in [6.07, 6.45) is 0. The van der Waals surface area contributed by atoms with Crippen molar-refractivity contribution in [3.8, 4) is 5.75 Å². The lowest BCUT2D eigenvalue weighted by Gasteiger charge is -2.04. The maximum Gasteiger partial charge on any atom is 0.348 e. The molecule has 0 aliphatic carbocycles. The van der Waals surface area contributed by atoms with Gasteiger partial charge in [0.15, 0.2) is 0 Å². The molecule has 0 radical (unpaired) electrons. The topological polar surface area (TPSA) is 110 Å². The number of hydrogen-bond donors (Lipinski definition) is 3. The number of nitrogens with two attached hydrogens (primary N) is 1. The quantitative estimate of drug-likeness (QED) is 0.783. The molecule has 18 heavy (non-hydrogen) atoms. The van der Waals surface area contributed by atoms with Gasteiger partial charge in [-0.15, -0.1) is 11.3 Å². The average Bonchev–Trinajstić information content (AvgIpc) is 2.66. The van der Waals surface area contributed by atoms with Crippen molar-refractivity contribution in [3.05, 3.63) is 22.6 Å². The predicted octanol–water partition coefficient (Wildman–Crippen LogP) is 1.89. The average molecular weight is 267 g/mol. The van der Waals surface area contributed by atoms with E-state index in [9.17, 15) is 9.59 Å². The van der Waals surface area contributed by atoms with Gasteiger partial charge < -0.3 is 20.7 Å². The molecule has 0 bridgehead atoms. The Morgan fingerprint density at radius 2 is 1.94 bits per heavy atom. The second-order valence-corrected chi connectivity index (χ2v) is 4.50. The Balaban J connectivity index is 2.92. The van der Waals surface area contributed by atoms with E-state index in [2.05, 4.69) is 0 Å². The summed E-state index contributed by atoms with van der Waals surface area (Å²) >= 11 is 0.831. The van der Waals surface area contributed by atoms with Gasteiger partial charge in [-0.2, -0.15) is 0 Å². The number of ether oxygens (including phenoxy) is 1. The van der Waals surface area contributed by atoms with Gasteiger partial charge >= 0.3 is 11.9 Å². The Bertz CT molecular complexity index is 661. The molecule has 1 heterocycles. The first-order chi connectivity index (χ1) is 8.47. The van der Waals surface area contributed by atoms with Crippen molar-refractivity contribution in [1.82, 2.24) is 0 Å². The monoisotopic (exact) mass is 267 g/mol. The maximum atomic E-state index is 11.1. The number of anilines is 1. The molecular weight excluding hydrogens is 258 g/mol. The molecule has 0 aliphatic heterocycles. The van der Waals surface area contributed by atoms with Crippen LogP contribution in [-0.4, -0.2) is 29.3 Å². The SMILES string of the molecule is COc1ccc(C(=O)O)c2sc(C(=O)O)c(N)c12. The minimum Gasteiger partial charge on any atom is -0.496 e. The van der Waals surface area contributed by atoms with E-state index >= 15 is 0 Å². The van der Waals surface area contributed by atoms with Gasteiger partial charge in [-0.3, -0.25) is 0 Å². The van der Waals surface area contributed by atoms with E-state index in [1.165, 1.54) is 19.2 Å². The first-order valence-corrected chi connectivity index (χ1v) is 5.64. The Morgan fingerprint density at radius 1 is 1.28 bits per heavy atom. The van der Waals surface area contributed by atoms with Crippen LogP contribution in [0.5, 0.6) is 5.75 Å². The van der Waals surface area contributed by atoms with Crippen molar-refractivity contribution in [2.24, 2.45) is 0 Å². The number of nitrogen functional groups attached to an aromatic ring is 1. The highest BCUT2D eigenvalue weighted by molar-refractivity contribution is 7.22. The molecule has 94 valence electrons. The van der Waals surface area contributed by atoms with E-state index < -0.39 is 11.9 Å². The van der Waals surface area contributed by atoms with Crippen LogP contribution in [0.3, 0.4) is 0 Å². The van der Waals surface area contributed by atoms with Gasteiger partial charge in [-0.05, 0) is 12.1 Å².